The first kappa shape index (κ1) is 11.5. The number of aryl methyl sites for hydroxylation is 1. The van der Waals surface area contributed by atoms with Gasteiger partial charge in [-0.1, -0.05) is 17.7 Å². The standard InChI is InChI=1S/C10H10O4S/c1-8-2-4-9(5-3-8)15(13,14)7-6-10(11)12/h2-7H,1H3,(H,11,12)/b7-6+. The normalized spacial score (nSPS) is 11.8. The van der Waals surface area contributed by atoms with Crippen molar-refractivity contribution in [2.45, 2.75) is 11.8 Å². The highest BCUT2D eigenvalue weighted by Crippen LogP contribution is 2.12. The van der Waals surface area contributed by atoms with E-state index >= 15 is 0 Å². The second kappa shape index (κ2) is 4.27. The van der Waals surface area contributed by atoms with E-state index in [-0.39, 0.29) is 4.90 Å². The molecular weight excluding hydrogens is 216 g/mol. The van der Waals surface area contributed by atoms with Gasteiger partial charge >= 0.3 is 5.97 Å². The maximum absolute atomic E-state index is 11.5. The molecule has 1 rings (SSSR count). The van der Waals surface area contributed by atoms with Crippen LogP contribution in [-0.4, -0.2) is 19.5 Å². The van der Waals surface area contributed by atoms with E-state index in [1.807, 2.05) is 6.92 Å². The van der Waals surface area contributed by atoms with Gasteiger partial charge in [0.1, 0.15) is 0 Å². The summed E-state index contributed by atoms with van der Waals surface area (Å²) in [6.07, 6.45) is 0.606. The van der Waals surface area contributed by atoms with Gasteiger partial charge in [0.2, 0.25) is 0 Å². The molecule has 0 atom stereocenters. The Labute approximate surface area is 87.8 Å². The van der Waals surface area contributed by atoms with Crippen LogP contribution in [0.3, 0.4) is 0 Å². The molecule has 0 aliphatic rings. The van der Waals surface area contributed by atoms with E-state index in [1.165, 1.54) is 12.1 Å². The molecule has 0 heterocycles. The van der Waals surface area contributed by atoms with E-state index in [0.29, 0.717) is 11.5 Å². The van der Waals surface area contributed by atoms with Crippen LogP contribution >= 0.6 is 0 Å². The van der Waals surface area contributed by atoms with E-state index in [1.54, 1.807) is 12.1 Å². The van der Waals surface area contributed by atoms with E-state index in [4.69, 9.17) is 5.11 Å². The summed E-state index contributed by atoms with van der Waals surface area (Å²) in [6, 6.07) is 6.19. The van der Waals surface area contributed by atoms with Crippen molar-refractivity contribution in [1.29, 1.82) is 0 Å². The molecule has 5 heteroatoms. The fourth-order valence-electron chi connectivity index (χ4n) is 0.954. The van der Waals surface area contributed by atoms with E-state index in [9.17, 15) is 13.2 Å². The predicted octanol–water partition coefficient (Wildman–Crippen LogP) is 1.37. The van der Waals surface area contributed by atoms with Gasteiger partial charge in [0.05, 0.1) is 4.90 Å². The first-order chi connectivity index (χ1) is 6.92. The minimum absolute atomic E-state index is 0.0885. The highest BCUT2D eigenvalue weighted by atomic mass is 32.2. The van der Waals surface area contributed by atoms with Crippen molar-refractivity contribution in [1.82, 2.24) is 0 Å². The molecule has 0 unspecified atom stereocenters. The molecule has 0 aliphatic heterocycles. The molecule has 0 radical (unpaired) electrons. The molecule has 0 spiro atoms. The fourth-order valence-corrected chi connectivity index (χ4v) is 1.92. The number of carboxylic acids is 1. The van der Waals surface area contributed by atoms with Gasteiger partial charge in [0.25, 0.3) is 0 Å². The lowest BCUT2D eigenvalue weighted by Gasteiger charge is -1.98. The molecule has 0 amide bonds. The number of carbonyl (C=O) groups is 1. The van der Waals surface area contributed by atoms with Crippen LogP contribution in [0.15, 0.2) is 40.6 Å². The van der Waals surface area contributed by atoms with E-state index < -0.39 is 15.8 Å². The van der Waals surface area contributed by atoms with Gasteiger partial charge in [0, 0.05) is 11.5 Å². The molecule has 0 fully saturated rings. The molecule has 4 nitrogen and oxygen atoms in total. The lowest BCUT2D eigenvalue weighted by Crippen LogP contribution is -1.98. The summed E-state index contributed by atoms with van der Waals surface area (Å²) >= 11 is 0. The number of benzene rings is 1. The molecule has 15 heavy (non-hydrogen) atoms. The Morgan fingerprint density at radius 3 is 2.27 bits per heavy atom. The van der Waals surface area contributed by atoms with Crippen molar-refractivity contribution in [3.05, 3.63) is 41.3 Å². The van der Waals surface area contributed by atoms with Gasteiger partial charge in [-0.3, -0.25) is 0 Å². The average Bonchev–Trinajstić information content (AvgIpc) is 2.16. The highest BCUT2D eigenvalue weighted by Gasteiger charge is 2.09. The maximum Gasteiger partial charge on any atom is 0.329 e. The monoisotopic (exact) mass is 226 g/mol. The Hall–Kier alpha value is -1.62. The van der Waals surface area contributed by atoms with Gasteiger partial charge < -0.3 is 5.11 Å². The van der Waals surface area contributed by atoms with Crippen LogP contribution in [0.2, 0.25) is 0 Å². The zero-order chi connectivity index (χ0) is 11.5. The largest absolute Gasteiger partial charge is 0.478 e. The topological polar surface area (TPSA) is 71.4 Å². The predicted molar refractivity (Wildman–Crippen MR) is 55.1 cm³/mol. The molecule has 80 valence electrons. The molecule has 0 saturated carbocycles. The third-order valence-electron chi connectivity index (χ3n) is 1.74. The number of hydrogen-bond acceptors (Lipinski definition) is 3. The van der Waals surface area contributed by atoms with Crippen LogP contribution in [-0.2, 0) is 14.6 Å². The summed E-state index contributed by atoms with van der Waals surface area (Å²) < 4.78 is 23.0. The summed E-state index contributed by atoms with van der Waals surface area (Å²) in [4.78, 5) is 10.3. The van der Waals surface area contributed by atoms with Crippen molar-refractivity contribution in [2.24, 2.45) is 0 Å². The van der Waals surface area contributed by atoms with Gasteiger partial charge in [-0.25, -0.2) is 13.2 Å². The van der Waals surface area contributed by atoms with Crippen LogP contribution in [0.4, 0.5) is 0 Å². The molecule has 1 aromatic rings. The van der Waals surface area contributed by atoms with Gasteiger partial charge in [-0.2, -0.15) is 0 Å². The van der Waals surface area contributed by atoms with Gasteiger partial charge in [-0.15, -0.1) is 0 Å². The van der Waals surface area contributed by atoms with Crippen molar-refractivity contribution in [3.63, 3.8) is 0 Å². The number of hydrogen-bond donors (Lipinski definition) is 1. The Morgan fingerprint density at radius 2 is 1.80 bits per heavy atom. The maximum atomic E-state index is 11.5. The van der Waals surface area contributed by atoms with Crippen molar-refractivity contribution in [2.75, 3.05) is 0 Å². The fraction of sp³-hybridized carbons (Fsp3) is 0.100. The van der Waals surface area contributed by atoms with Crippen molar-refractivity contribution in [3.8, 4) is 0 Å². The van der Waals surface area contributed by atoms with Crippen molar-refractivity contribution >= 4 is 15.8 Å². The zero-order valence-electron chi connectivity index (χ0n) is 8.04. The van der Waals surface area contributed by atoms with Crippen LogP contribution in [0.25, 0.3) is 0 Å². The second-order valence-electron chi connectivity index (χ2n) is 3.00. The van der Waals surface area contributed by atoms with Crippen LogP contribution < -0.4 is 0 Å². The third kappa shape index (κ3) is 3.21. The van der Waals surface area contributed by atoms with E-state index in [2.05, 4.69) is 0 Å². The van der Waals surface area contributed by atoms with Crippen LogP contribution in [0, 0.1) is 6.92 Å². The quantitative estimate of drug-likeness (QED) is 0.790. The SMILES string of the molecule is Cc1ccc(S(=O)(=O)/C=C/C(=O)O)cc1. The first-order valence-corrected chi connectivity index (χ1v) is 5.69. The Balaban J connectivity index is 3.07. The summed E-state index contributed by atoms with van der Waals surface area (Å²) in [5, 5.41) is 9.00. The number of rotatable bonds is 3. The Kier molecular flexibility index (Phi) is 3.26. The third-order valence-corrected chi connectivity index (χ3v) is 3.16. The van der Waals surface area contributed by atoms with Gasteiger partial charge in [0.15, 0.2) is 9.84 Å². The molecule has 1 N–H and O–H groups in total. The minimum Gasteiger partial charge on any atom is -0.478 e. The lowest BCUT2D eigenvalue weighted by molar-refractivity contribution is -0.131. The molecule has 0 aromatic heterocycles. The van der Waals surface area contributed by atoms with Crippen molar-refractivity contribution < 1.29 is 18.3 Å². The van der Waals surface area contributed by atoms with Crippen LogP contribution in [0.5, 0.6) is 0 Å². The molecule has 0 bridgehead atoms. The highest BCUT2D eigenvalue weighted by molar-refractivity contribution is 7.94. The molecule has 0 aliphatic carbocycles. The summed E-state index contributed by atoms with van der Waals surface area (Å²) in [5.74, 6) is -1.29. The summed E-state index contributed by atoms with van der Waals surface area (Å²) in [7, 11) is -3.63. The number of carboxylic acid groups (broad SMARTS) is 1. The molecular formula is C10H10O4S. The minimum atomic E-state index is -3.63. The average molecular weight is 226 g/mol. The number of sulfone groups is 1. The smallest absolute Gasteiger partial charge is 0.329 e. The molecule has 1 aromatic carbocycles. The van der Waals surface area contributed by atoms with E-state index in [0.717, 1.165) is 5.56 Å². The van der Waals surface area contributed by atoms with Crippen LogP contribution in [0.1, 0.15) is 5.56 Å². The summed E-state index contributed by atoms with van der Waals surface area (Å²) in [6.45, 7) is 1.84. The first-order valence-electron chi connectivity index (χ1n) is 4.14. The Bertz CT molecular complexity index is 483. The van der Waals surface area contributed by atoms with Gasteiger partial charge in [-0.05, 0) is 19.1 Å². The second-order valence-corrected chi connectivity index (χ2v) is 4.83. The Morgan fingerprint density at radius 1 is 1.27 bits per heavy atom. The zero-order valence-corrected chi connectivity index (χ0v) is 8.86. The number of aliphatic carboxylic acids is 1. The summed E-state index contributed by atoms with van der Waals surface area (Å²) in [5.41, 5.74) is 0.941. The lowest BCUT2D eigenvalue weighted by atomic mass is 10.2. The molecule has 0 saturated heterocycles.